The van der Waals surface area contributed by atoms with Crippen molar-refractivity contribution < 1.29 is 9.53 Å². The number of carbonyl (C=O) groups excluding carboxylic acids is 1. The maximum absolute atomic E-state index is 12.0. The Morgan fingerprint density at radius 2 is 1.93 bits per heavy atom. The van der Waals surface area contributed by atoms with Crippen molar-refractivity contribution in [2.24, 2.45) is 0 Å². The molecule has 1 amide bonds. The molecule has 0 aromatic carbocycles. The van der Waals surface area contributed by atoms with E-state index in [-0.39, 0.29) is 17.9 Å². The first-order chi connectivity index (χ1) is 14.2. The van der Waals surface area contributed by atoms with Crippen molar-refractivity contribution in [3.8, 4) is 11.3 Å². The van der Waals surface area contributed by atoms with Crippen molar-refractivity contribution >= 4 is 23.6 Å². The van der Waals surface area contributed by atoms with Gasteiger partial charge in [-0.2, -0.15) is 4.98 Å². The summed E-state index contributed by atoms with van der Waals surface area (Å²) in [6.45, 7) is 4.36. The van der Waals surface area contributed by atoms with E-state index in [1.807, 2.05) is 0 Å². The Morgan fingerprint density at radius 3 is 2.69 bits per heavy atom. The highest BCUT2D eigenvalue weighted by Gasteiger charge is 2.34. The molecule has 10 heteroatoms. The number of nitrogens with zero attached hydrogens (tertiary/aromatic N) is 6. The SMILES string of the molecule is Nc1ncc(-c2nc(N3CCOCC3)nc3c2CCN3C2CCNC(=O)C2)cn1. The van der Waals surface area contributed by atoms with Crippen LogP contribution in [0.2, 0.25) is 0 Å². The van der Waals surface area contributed by atoms with Crippen LogP contribution in [-0.2, 0) is 16.0 Å². The average molecular weight is 396 g/mol. The standard InChI is InChI=1S/C19H24N8O2/c20-18-22-10-12(11-23-18)16-14-2-4-27(13-1-3-21-15(28)9-13)17(14)25-19(24-16)26-5-7-29-8-6-26/h10-11,13H,1-9H2,(H,21,28)(H2,20,22,23). The lowest BCUT2D eigenvalue weighted by Gasteiger charge is -2.33. The Morgan fingerprint density at radius 1 is 1.14 bits per heavy atom. The van der Waals surface area contributed by atoms with Crippen molar-refractivity contribution in [3.05, 3.63) is 18.0 Å². The number of ether oxygens (including phenoxy) is 1. The van der Waals surface area contributed by atoms with Gasteiger partial charge in [0.15, 0.2) is 0 Å². The fourth-order valence-corrected chi connectivity index (χ4v) is 4.26. The van der Waals surface area contributed by atoms with Gasteiger partial charge in [0.05, 0.1) is 18.9 Å². The quantitative estimate of drug-likeness (QED) is 0.737. The van der Waals surface area contributed by atoms with Crippen LogP contribution in [0.4, 0.5) is 17.7 Å². The summed E-state index contributed by atoms with van der Waals surface area (Å²) in [4.78, 5) is 34.5. The van der Waals surface area contributed by atoms with Crippen molar-refractivity contribution in [3.63, 3.8) is 0 Å². The van der Waals surface area contributed by atoms with Crippen molar-refractivity contribution in [2.45, 2.75) is 25.3 Å². The van der Waals surface area contributed by atoms with E-state index in [1.165, 1.54) is 0 Å². The van der Waals surface area contributed by atoms with Gasteiger partial charge in [-0.25, -0.2) is 15.0 Å². The molecule has 5 rings (SSSR count). The molecule has 3 aliphatic heterocycles. The largest absolute Gasteiger partial charge is 0.378 e. The van der Waals surface area contributed by atoms with Crippen LogP contribution in [0.5, 0.6) is 0 Å². The second-order valence-electron chi connectivity index (χ2n) is 7.54. The summed E-state index contributed by atoms with van der Waals surface area (Å²) < 4.78 is 5.48. The summed E-state index contributed by atoms with van der Waals surface area (Å²) in [5.41, 5.74) is 8.43. The fourth-order valence-electron chi connectivity index (χ4n) is 4.26. The van der Waals surface area contributed by atoms with Gasteiger partial charge < -0.3 is 25.6 Å². The van der Waals surface area contributed by atoms with Gasteiger partial charge in [-0.15, -0.1) is 0 Å². The number of anilines is 3. The Labute approximate surface area is 168 Å². The van der Waals surface area contributed by atoms with E-state index < -0.39 is 0 Å². The van der Waals surface area contributed by atoms with Crippen LogP contribution < -0.4 is 20.9 Å². The molecule has 10 nitrogen and oxygen atoms in total. The Kier molecular flexibility index (Phi) is 4.62. The van der Waals surface area contributed by atoms with E-state index in [4.69, 9.17) is 20.4 Å². The minimum atomic E-state index is 0.101. The van der Waals surface area contributed by atoms with E-state index >= 15 is 0 Å². The molecule has 1 unspecified atom stereocenters. The number of piperidine rings is 1. The first kappa shape index (κ1) is 18.0. The number of nitrogen functional groups attached to an aromatic ring is 1. The van der Waals surface area contributed by atoms with Gasteiger partial charge in [0.1, 0.15) is 5.82 Å². The molecule has 2 fully saturated rings. The lowest BCUT2D eigenvalue weighted by molar-refractivity contribution is -0.122. The second-order valence-corrected chi connectivity index (χ2v) is 7.54. The van der Waals surface area contributed by atoms with E-state index in [9.17, 15) is 4.79 Å². The normalized spacial score (nSPS) is 21.8. The molecule has 3 N–H and O–H groups in total. The zero-order valence-electron chi connectivity index (χ0n) is 16.2. The molecule has 0 spiro atoms. The van der Waals surface area contributed by atoms with Crippen LogP contribution in [0.3, 0.4) is 0 Å². The van der Waals surface area contributed by atoms with E-state index in [2.05, 4.69) is 25.1 Å². The van der Waals surface area contributed by atoms with Crippen LogP contribution >= 0.6 is 0 Å². The third-order valence-corrected chi connectivity index (χ3v) is 5.75. The predicted molar refractivity (Wildman–Crippen MR) is 108 cm³/mol. The fraction of sp³-hybridized carbons (Fsp3) is 0.526. The number of hydrogen-bond donors (Lipinski definition) is 2. The monoisotopic (exact) mass is 396 g/mol. The highest BCUT2D eigenvalue weighted by Crippen LogP contribution is 2.37. The van der Waals surface area contributed by atoms with E-state index in [1.54, 1.807) is 12.4 Å². The van der Waals surface area contributed by atoms with Crippen LogP contribution in [0.25, 0.3) is 11.3 Å². The Bertz CT molecular complexity index is 913. The minimum Gasteiger partial charge on any atom is -0.378 e. The molecule has 152 valence electrons. The molecule has 2 aromatic rings. The number of carbonyl (C=O) groups is 1. The number of nitrogens with one attached hydrogen (secondary N) is 1. The number of morpholine rings is 1. The number of hydrogen-bond acceptors (Lipinski definition) is 9. The van der Waals surface area contributed by atoms with E-state index in [0.717, 1.165) is 55.1 Å². The smallest absolute Gasteiger partial charge is 0.228 e. The molecule has 0 bridgehead atoms. The molecule has 0 saturated carbocycles. The maximum Gasteiger partial charge on any atom is 0.228 e. The highest BCUT2D eigenvalue weighted by molar-refractivity contribution is 5.79. The molecule has 2 saturated heterocycles. The summed E-state index contributed by atoms with van der Waals surface area (Å²) in [7, 11) is 0. The molecule has 0 aliphatic carbocycles. The lowest BCUT2D eigenvalue weighted by Crippen LogP contribution is -2.45. The number of rotatable bonds is 3. The zero-order valence-corrected chi connectivity index (χ0v) is 16.2. The van der Waals surface area contributed by atoms with Crippen molar-refractivity contribution in [1.82, 2.24) is 25.3 Å². The van der Waals surface area contributed by atoms with Crippen LogP contribution in [0, 0.1) is 0 Å². The van der Waals surface area contributed by atoms with Gasteiger partial charge in [-0.1, -0.05) is 0 Å². The molecular formula is C19H24N8O2. The molecule has 29 heavy (non-hydrogen) atoms. The summed E-state index contributed by atoms with van der Waals surface area (Å²) in [6.07, 6.45) is 5.67. The van der Waals surface area contributed by atoms with Gasteiger partial charge in [0.2, 0.25) is 17.8 Å². The summed E-state index contributed by atoms with van der Waals surface area (Å²) in [6, 6.07) is 0.160. The summed E-state index contributed by atoms with van der Waals surface area (Å²) in [5, 5.41) is 2.92. The Balaban J connectivity index is 1.58. The third kappa shape index (κ3) is 3.44. The van der Waals surface area contributed by atoms with Crippen molar-refractivity contribution in [2.75, 3.05) is 54.9 Å². The molecule has 3 aliphatic rings. The molecular weight excluding hydrogens is 372 g/mol. The second kappa shape index (κ2) is 7.43. The van der Waals surface area contributed by atoms with Gasteiger partial charge >= 0.3 is 0 Å². The number of fused-ring (bicyclic) bond motifs is 1. The first-order valence-electron chi connectivity index (χ1n) is 10.0. The third-order valence-electron chi connectivity index (χ3n) is 5.75. The Hall–Kier alpha value is -3.01. The summed E-state index contributed by atoms with van der Waals surface area (Å²) >= 11 is 0. The van der Waals surface area contributed by atoms with Gasteiger partial charge in [-0.05, 0) is 12.8 Å². The molecule has 1 atom stereocenters. The van der Waals surface area contributed by atoms with Crippen LogP contribution in [0.15, 0.2) is 12.4 Å². The van der Waals surface area contributed by atoms with Gasteiger partial charge in [0, 0.05) is 62.2 Å². The number of aromatic nitrogens is 4. The van der Waals surface area contributed by atoms with Gasteiger partial charge in [-0.3, -0.25) is 4.79 Å². The average Bonchev–Trinajstić information content (AvgIpc) is 3.18. The predicted octanol–water partition coefficient (Wildman–Crippen LogP) is -0.00650. The maximum atomic E-state index is 12.0. The van der Waals surface area contributed by atoms with Crippen molar-refractivity contribution in [1.29, 1.82) is 0 Å². The van der Waals surface area contributed by atoms with E-state index in [0.29, 0.717) is 32.1 Å². The summed E-state index contributed by atoms with van der Waals surface area (Å²) in [5.74, 6) is 1.95. The molecule has 2 aromatic heterocycles. The first-order valence-corrected chi connectivity index (χ1v) is 10.0. The zero-order chi connectivity index (χ0) is 19.8. The molecule has 5 heterocycles. The lowest BCUT2D eigenvalue weighted by atomic mass is 10.0. The van der Waals surface area contributed by atoms with Crippen LogP contribution in [-0.4, -0.2) is 71.3 Å². The van der Waals surface area contributed by atoms with Crippen LogP contribution in [0.1, 0.15) is 18.4 Å². The number of amides is 1. The highest BCUT2D eigenvalue weighted by atomic mass is 16.5. The topological polar surface area (TPSA) is 122 Å². The number of nitrogens with two attached hydrogens (primary N) is 1. The molecule has 0 radical (unpaired) electrons. The minimum absolute atomic E-state index is 0.101. The van der Waals surface area contributed by atoms with Gasteiger partial charge in [0.25, 0.3) is 0 Å².